The van der Waals surface area contributed by atoms with Crippen LogP contribution in [0.4, 0.5) is 5.69 Å². The van der Waals surface area contributed by atoms with E-state index >= 15 is 0 Å². The average molecular weight is 411 g/mol. The lowest BCUT2D eigenvalue weighted by molar-refractivity contribution is -0.118. The van der Waals surface area contributed by atoms with E-state index in [1.165, 1.54) is 23.0 Å². The lowest BCUT2D eigenvalue weighted by Gasteiger charge is -2.23. The molecular weight excluding hydrogens is 384 g/mol. The lowest BCUT2D eigenvalue weighted by atomic mass is 10.2. The summed E-state index contributed by atoms with van der Waals surface area (Å²) in [5.74, 6) is 0.234. The highest BCUT2D eigenvalue weighted by atomic mass is 32.2. The minimum Gasteiger partial charge on any atom is -0.370 e. The number of hydrogen-bond acceptors (Lipinski definition) is 6. The van der Waals surface area contributed by atoms with Gasteiger partial charge in [-0.05, 0) is 60.5 Å². The predicted octanol–water partition coefficient (Wildman–Crippen LogP) is 3.01. The van der Waals surface area contributed by atoms with E-state index in [9.17, 15) is 4.79 Å². The molecule has 3 aromatic rings. The SMILES string of the molecule is CCN(CCNC(=O)CSc1nnnn1-c1ccccc1C)c1cccc(C)c1. The molecule has 0 saturated heterocycles. The number of anilines is 1. The molecule has 0 aliphatic carbocycles. The summed E-state index contributed by atoms with van der Waals surface area (Å²) in [4.78, 5) is 14.5. The van der Waals surface area contributed by atoms with Crippen molar-refractivity contribution in [2.75, 3.05) is 30.3 Å². The molecule has 29 heavy (non-hydrogen) atoms. The number of aromatic nitrogens is 4. The largest absolute Gasteiger partial charge is 0.370 e. The number of amides is 1. The molecular formula is C21H26N6OS. The maximum Gasteiger partial charge on any atom is 0.230 e. The van der Waals surface area contributed by atoms with Crippen LogP contribution in [0, 0.1) is 13.8 Å². The molecule has 1 heterocycles. The van der Waals surface area contributed by atoms with Gasteiger partial charge in [0.1, 0.15) is 0 Å². The molecule has 1 amide bonds. The van der Waals surface area contributed by atoms with Crippen LogP contribution >= 0.6 is 11.8 Å². The van der Waals surface area contributed by atoms with Crippen LogP contribution in [-0.4, -0.2) is 51.5 Å². The first-order chi connectivity index (χ1) is 14.1. The van der Waals surface area contributed by atoms with E-state index in [0.717, 1.165) is 24.3 Å². The van der Waals surface area contributed by atoms with Gasteiger partial charge in [0.25, 0.3) is 0 Å². The highest BCUT2D eigenvalue weighted by Crippen LogP contribution is 2.20. The smallest absolute Gasteiger partial charge is 0.230 e. The Morgan fingerprint density at radius 3 is 2.76 bits per heavy atom. The monoisotopic (exact) mass is 410 g/mol. The second-order valence-corrected chi connectivity index (χ2v) is 7.66. The van der Waals surface area contributed by atoms with Crippen LogP contribution in [0.2, 0.25) is 0 Å². The summed E-state index contributed by atoms with van der Waals surface area (Å²) in [6, 6.07) is 16.3. The van der Waals surface area contributed by atoms with E-state index in [-0.39, 0.29) is 11.7 Å². The minimum absolute atomic E-state index is 0.0328. The van der Waals surface area contributed by atoms with Crippen molar-refractivity contribution in [1.82, 2.24) is 25.5 Å². The fourth-order valence-corrected chi connectivity index (χ4v) is 3.74. The number of benzene rings is 2. The Balaban J connectivity index is 1.50. The van der Waals surface area contributed by atoms with Crippen LogP contribution in [0.1, 0.15) is 18.1 Å². The van der Waals surface area contributed by atoms with Gasteiger partial charge in [-0.2, -0.15) is 4.68 Å². The zero-order valence-corrected chi connectivity index (χ0v) is 17.8. The molecule has 0 saturated carbocycles. The number of carbonyl (C=O) groups is 1. The number of carbonyl (C=O) groups excluding carboxylic acids is 1. The van der Waals surface area contributed by atoms with Gasteiger partial charge >= 0.3 is 0 Å². The zero-order chi connectivity index (χ0) is 20.6. The minimum atomic E-state index is -0.0328. The number of thioether (sulfide) groups is 1. The number of rotatable bonds is 9. The van der Waals surface area contributed by atoms with Gasteiger partial charge in [0.2, 0.25) is 11.1 Å². The third-order valence-electron chi connectivity index (χ3n) is 4.57. The molecule has 0 bridgehead atoms. The van der Waals surface area contributed by atoms with Crippen molar-refractivity contribution < 1.29 is 4.79 Å². The van der Waals surface area contributed by atoms with Crippen molar-refractivity contribution in [3.8, 4) is 5.69 Å². The maximum absolute atomic E-state index is 12.3. The molecule has 0 fully saturated rings. The number of nitrogens with one attached hydrogen (secondary N) is 1. The lowest BCUT2D eigenvalue weighted by Crippen LogP contribution is -2.35. The molecule has 8 heteroatoms. The molecule has 2 aromatic carbocycles. The summed E-state index contributed by atoms with van der Waals surface area (Å²) in [6.07, 6.45) is 0. The third-order valence-corrected chi connectivity index (χ3v) is 5.49. The molecule has 0 aliphatic rings. The molecule has 0 spiro atoms. The van der Waals surface area contributed by atoms with E-state index in [1.807, 2.05) is 31.2 Å². The summed E-state index contributed by atoms with van der Waals surface area (Å²) in [7, 11) is 0. The Hall–Kier alpha value is -2.87. The second kappa shape index (κ2) is 10.1. The summed E-state index contributed by atoms with van der Waals surface area (Å²) < 4.78 is 1.67. The average Bonchev–Trinajstić information content (AvgIpc) is 3.18. The first-order valence-electron chi connectivity index (χ1n) is 9.64. The topological polar surface area (TPSA) is 75.9 Å². The number of para-hydroxylation sites is 1. The Morgan fingerprint density at radius 1 is 1.17 bits per heavy atom. The summed E-state index contributed by atoms with van der Waals surface area (Å²) >= 11 is 1.33. The molecule has 0 aliphatic heterocycles. The quantitative estimate of drug-likeness (QED) is 0.547. The summed E-state index contributed by atoms with van der Waals surface area (Å²) in [5.41, 5.74) is 4.39. The van der Waals surface area contributed by atoms with E-state index in [2.05, 4.69) is 63.9 Å². The molecule has 7 nitrogen and oxygen atoms in total. The van der Waals surface area contributed by atoms with Gasteiger partial charge in [-0.3, -0.25) is 4.79 Å². The molecule has 0 atom stereocenters. The number of aryl methyl sites for hydroxylation is 2. The summed E-state index contributed by atoms with van der Waals surface area (Å²) in [6.45, 7) is 8.44. The normalized spacial score (nSPS) is 10.7. The highest BCUT2D eigenvalue weighted by Gasteiger charge is 2.13. The molecule has 3 rings (SSSR count). The molecule has 152 valence electrons. The van der Waals surface area contributed by atoms with Gasteiger partial charge in [-0.1, -0.05) is 42.1 Å². The fourth-order valence-electron chi connectivity index (χ4n) is 3.03. The number of likely N-dealkylation sites (N-methyl/N-ethyl adjacent to an activating group) is 1. The van der Waals surface area contributed by atoms with E-state index in [4.69, 9.17) is 0 Å². The standard InChI is InChI=1S/C21H26N6OS/c1-4-26(18-10-7-8-16(2)14-18)13-12-22-20(28)15-29-21-23-24-25-27(21)19-11-6-5-9-17(19)3/h5-11,14H,4,12-13,15H2,1-3H3,(H,22,28). The van der Waals surface area contributed by atoms with Crippen LogP contribution < -0.4 is 10.2 Å². The van der Waals surface area contributed by atoms with Crippen molar-refractivity contribution in [3.63, 3.8) is 0 Å². The predicted molar refractivity (Wildman–Crippen MR) is 117 cm³/mol. The third kappa shape index (κ3) is 5.57. The van der Waals surface area contributed by atoms with Crippen LogP contribution in [0.5, 0.6) is 0 Å². The number of tetrazole rings is 1. The molecule has 1 aromatic heterocycles. The Labute approximate surface area is 175 Å². The molecule has 1 N–H and O–H groups in total. The number of hydrogen-bond donors (Lipinski definition) is 1. The van der Waals surface area contributed by atoms with Crippen molar-refractivity contribution in [1.29, 1.82) is 0 Å². The van der Waals surface area contributed by atoms with Crippen LogP contribution in [-0.2, 0) is 4.79 Å². The molecule has 0 unspecified atom stereocenters. The highest BCUT2D eigenvalue weighted by molar-refractivity contribution is 7.99. The van der Waals surface area contributed by atoms with E-state index in [0.29, 0.717) is 11.7 Å². The van der Waals surface area contributed by atoms with Crippen molar-refractivity contribution in [2.45, 2.75) is 25.9 Å². The first kappa shape index (κ1) is 20.9. The van der Waals surface area contributed by atoms with Gasteiger partial charge < -0.3 is 10.2 Å². The van der Waals surface area contributed by atoms with Crippen molar-refractivity contribution in [3.05, 3.63) is 59.7 Å². The Morgan fingerprint density at radius 2 is 2.00 bits per heavy atom. The van der Waals surface area contributed by atoms with Crippen LogP contribution in [0.25, 0.3) is 5.69 Å². The maximum atomic E-state index is 12.3. The summed E-state index contributed by atoms with van der Waals surface area (Å²) in [5, 5.41) is 15.5. The van der Waals surface area contributed by atoms with Crippen molar-refractivity contribution >= 4 is 23.4 Å². The molecule has 0 radical (unpaired) electrons. The fraction of sp³-hybridized carbons (Fsp3) is 0.333. The van der Waals surface area contributed by atoms with Crippen LogP contribution in [0.3, 0.4) is 0 Å². The second-order valence-electron chi connectivity index (χ2n) is 6.72. The Bertz CT molecular complexity index is 958. The zero-order valence-electron chi connectivity index (χ0n) is 17.0. The van der Waals surface area contributed by atoms with Crippen LogP contribution in [0.15, 0.2) is 53.7 Å². The van der Waals surface area contributed by atoms with Gasteiger partial charge in [-0.25, -0.2) is 0 Å². The van der Waals surface area contributed by atoms with Gasteiger partial charge in [-0.15, -0.1) is 5.10 Å². The van der Waals surface area contributed by atoms with E-state index < -0.39 is 0 Å². The number of nitrogens with zero attached hydrogens (tertiary/aromatic N) is 5. The first-order valence-corrected chi connectivity index (χ1v) is 10.6. The van der Waals surface area contributed by atoms with Crippen molar-refractivity contribution in [2.24, 2.45) is 0 Å². The Kier molecular flexibility index (Phi) is 7.24. The van der Waals surface area contributed by atoms with Gasteiger partial charge in [0, 0.05) is 25.3 Å². The van der Waals surface area contributed by atoms with Gasteiger partial charge in [0.15, 0.2) is 0 Å². The van der Waals surface area contributed by atoms with E-state index in [1.54, 1.807) is 4.68 Å². The van der Waals surface area contributed by atoms with Gasteiger partial charge in [0.05, 0.1) is 11.4 Å².